The summed E-state index contributed by atoms with van der Waals surface area (Å²) in [6, 6.07) is 9.08. The quantitative estimate of drug-likeness (QED) is 0.858. The van der Waals surface area contributed by atoms with Crippen molar-refractivity contribution in [1.82, 2.24) is 4.31 Å². The molecule has 1 fully saturated rings. The monoisotopic (exact) mass is 396 g/mol. The van der Waals surface area contributed by atoms with E-state index >= 15 is 0 Å². The molecule has 0 spiro atoms. The third kappa shape index (κ3) is 3.75. The van der Waals surface area contributed by atoms with Gasteiger partial charge in [-0.05, 0) is 67.8 Å². The maximum atomic E-state index is 13.2. The van der Waals surface area contributed by atoms with Gasteiger partial charge in [0.15, 0.2) is 0 Å². The van der Waals surface area contributed by atoms with Crippen LogP contribution in [0.4, 0.5) is 10.1 Å². The summed E-state index contributed by atoms with van der Waals surface area (Å²) in [7, 11) is -3.80. The van der Waals surface area contributed by atoms with Crippen molar-refractivity contribution in [2.45, 2.75) is 30.7 Å². The molecule has 1 N–H and O–H groups in total. The van der Waals surface area contributed by atoms with Crippen LogP contribution in [-0.4, -0.2) is 31.2 Å². The predicted molar refractivity (Wildman–Crippen MR) is 98.1 cm³/mol. The summed E-state index contributed by atoms with van der Waals surface area (Å²) >= 11 is 5.82. The molecule has 2 aromatic carbocycles. The summed E-state index contributed by atoms with van der Waals surface area (Å²) in [5, 5.41) is 3.15. The summed E-state index contributed by atoms with van der Waals surface area (Å²) in [4.78, 5) is 12.8. The molecule has 26 heavy (non-hydrogen) atoms. The van der Waals surface area contributed by atoms with E-state index in [9.17, 15) is 17.6 Å². The molecule has 8 heteroatoms. The summed E-state index contributed by atoms with van der Waals surface area (Å²) in [5.41, 5.74) is 1.04. The molecule has 0 bridgehead atoms. The molecule has 5 nitrogen and oxygen atoms in total. The minimum atomic E-state index is -3.80. The Kier molecular flexibility index (Phi) is 5.32. The van der Waals surface area contributed by atoms with E-state index in [0.29, 0.717) is 29.1 Å². The highest BCUT2D eigenvalue weighted by Gasteiger charge is 2.39. The first-order chi connectivity index (χ1) is 12.3. The minimum Gasteiger partial charge on any atom is -0.324 e. The zero-order valence-electron chi connectivity index (χ0n) is 14.1. The number of sulfonamides is 1. The van der Waals surface area contributed by atoms with Crippen LogP contribution in [0.5, 0.6) is 0 Å². The van der Waals surface area contributed by atoms with E-state index in [2.05, 4.69) is 5.32 Å². The third-order valence-corrected chi connectivity index (χ3v) is 6.55. The molecule has 1 aliphatic rings. The van der Waals surface area contributed by atoms with Crippen molar-refractivity contribution in [2.75, 3.05) is 11.9 Å². The maximum absolute atomic E-state index is 13.2. The van der Waals surface area contributed by atoms with E-state index in [0.717, 1.165) is 0 Å². The van der Waals surface area contributed by atoms with Crippen molar-refractivity contribution < 1.29 is 17.6 Å². The van der Waals surface area contributed by atoms with Crippen molar-refractivity contribution in [1.29, 1.82) is 0 Å². The van der Waals surface area contributed by atoms with Gasteiger partial charge in [0.1, 0.15) is 11.9 Å². The standard InChI is InChI=1S/C18H18ClFN2O3S/c1-12-11-14(20)6-9-16(12)21-18(23)17-3-2-10-22(17)26(24,25)15-7-4-13(19)5-8-15/h4-9,11,17H,2-3,10H2,1H3,(H,21,23)/t17-/m0/s1. The highest BCUT2D eigenvalue weighted by atomic mass is 35.5. The van der Waals surface area contributed by atoms with E-state index < -0.39 is 27.8 Å². The number of hydrogen-bond donors (Lipinski definition) is 1. The summed E-state index contributed by atoms with van der Waals surface area (Å²) in [6.07, 6.45) is 1.02. The van der Waals surface area contributed by atoms with E-state index in [1.807, 2.05) is 0 Å². The number of anilines is 1. The van der Waals surface area contributed by atoms with Crippen LogP contribution in [0, 0.1) is 12.7 Å². The third-order valence-electron chi connectivity index (χ3n) is 4.37. The predicted octanol–water partition coefficient (Wildman–Crippen LogP) is 3.58. The van der Waals surface area contributed by atoms with E-state index in [1.54, 1.807) is 6.92 Å². The molecular formula is C18H18ClFN2O3S. The average molecular weight is 397 g/mol. The Bertz CT molecular complexity index is 932. The molecule has 1 amide bonds. The zero-order valence-corrected chi connectivity index (χ0v) is 15.6. The van der Waals surface area contributed by atoms with Gasteiger partial charge in [0.25, 0.3) is 0 Å². The van der Waals surface area contributed by atoms with Gasteiger partial charge in [-0.15, -0.1) is 0 Å². The smallest absolute Gasteiger partial charge is 0.243 e. The lowest BCUT2D eigenvalue weighted by molar-refractivity contribution is -0.119. The maximum Gasteiger partial charge on any atom is 0.243 e. The molecule has 0 aromatic heterocycles. The number of hydrogen-bond acceptors (Lipinski definition) is 3. The minimum absolute atomic E-state index is 0.0968. The topological polar surface area (TPSA) is 66.5 Å². The molecule has 1 aliphatic heterocycles. The van der Waals surface area contributed by atoms with Gasteiger partial charge in [0, 0.05) is 17.3 Å². The number of rotatable bonds is 4. The second kappa shape index (κ2) is 7.34. The Morgan fingerprint density at radius 2 is 1.92 bits per heavy atom. The SMILES string of the molecule is Cc1cc(F)ccc1NC(=O)[C@@H]1CCCN1S(=O)(=O)c1ccc(Cl)cc1. The normalized spacial score (nSPS) is 18.0. The molecule has 2 aromatic rings. The van der Waals surface area contributed by atoms with Gasteiger partial charge >= 0.3 is 0 Å². The zero-order chi connectivity index (χ0) is 18.9. The number of carbonyl (C=O) groups excluding carboxylic acids is 1. The molecule has 3 rings (SSSR count). The van der Waals surface area contributed by atoms with Crippen LogP contribution in [0.3, 0.4) is 0 Å². The Labute approximate surface area is 156 Å². The molecular weight excluding hydrogens is 379 g/mol. The van der Waals surface area contributed by atoms with Crippen molar-refractivity contribution in [3.8, 4) is 0 Å². The summed E-state index contributed by atoms with van der Waals surface area (Å²) in [6.45, 7) is 1.95. The van der Waals surface area contributed by atoms with E-state index in [1.165, 1.54) is 46.8 Å². The highest BCUT2D eigenvalue weighted by Crippen LogP contribution is 2.28. The molecule has 0 unspecified atom stereocenters. The average Bonchev–Trinajstić information content (AvgIpc) is 3.08. The Hall–Kier alpha value is -1.96. The van der Waals surface area contributed by atoms with Crippen molar-refractivity contribution in [3.63, 3.8) is 0 Å². The van der Waals surface area contributed by atoms with Gasteiger partial charge in [-0.25, -0.2) is 12.8 Å². The van der Waals surface area contributed by atoms with Gasteiger partial charge < -0.3 is 5.32 Å². The highest BCUT2D eigenvalue weighted by molar-refractivity contribution is 7.89. The Morgan fingerprint density at radius 3 is 2.58 bits per heavy atom. The van der Waals surface area contributed by atoms with Gasteiger partial charge in [-0.1, -0.05) is 11.6 Å². The van der Waals surface area contributed by atoms with Crippen LogP contribution in [0.15, 0.2) is 47.4 Å². The lowest BCUT2D eigenvalue weighted by Gasteiger charge is -2.23. The first kappa shape index (κ1) is 18.8. The van der Waals surface area contributed by atoms with Gasteiger partial charge in [0.05, 0.1) is 4.90 Å². The number of aryl methyl sites for hydroxylation is 1. The second-order valence-electron chi connectivity index (χ2n) is 6.18. The lowest BCUT2D eigenvalue weighted by Crippen LogP contribution is -2.43. The van der Waals surface area contributed by atoms with Crippen molar-refractivity contribution >= 4 is 33.2 Å². The fourth-order valence-corrected chi connectivity index (χ4v) is 4.80. The van der Waals surface area contributed by atoms with Crippen LogP contribution in [0.1, 0.15) is 18.4 Å². The van der Waals surface area contributed by atoms with Crippen molar-refractivity contribution in [2.24, 2.45) is 0 Å². The van der Waals surface area contributed by atoms with E-state index in [-0.39, 0.29) is 11.4 Å². The molecule has 1 heterocycles. The number of carbonyl (C=O) groups is 1. The summed E-state index contributed by atoms with van der Waals surface area (Å²) < 4.78 is 40.2. The van der Waals surface area contributed by atoms with Crippen LogP contribution < -0.4 is 5.32 Å². The van der Waals surface area contributed by atoms with Crippen LogP contribution >= 0.6 is 11.6 Å². The number of amides is 1. The number of benzene rings is 2. The fraction of sp³-hybridized carbons (Fsp3) is 0.278. The Morgan fingerprint density at radius 1 is 1.23 bits per heavy atom. The first-order valence-electron chi connectivity index (χ1n) is 8.13. The number of nitrogens with one attached hydrogen (secondary N) is 1. The number of nitrogens with zero attached hydrogens (tertiary/aromatic N) is 1. The van der Waals surface area contributed by atoms with Crippen LogP contribution in [0.2, 0.25) is 5.02 Å². The van der Waals surface area contributed by atoms with Crippen molar-refractivity contribution in [3.05, 3.63) is 58.9 Å². The van der Waals surface area contributed by atoms with Crippen LogP contribution in [-0.2, 0) is 14.8 Å². The van der Waals surface area contributed by atoms with Gasteiger partial charge in [-0.3, -0.25) is 4.79 Å². The van der Waals surface area contributed by atoms with Crippen LogP contribution in [0.25, 0.3) is 0 Å². The van der Waals surface area contributed by atoms with Gasteiger partial charge in [-0.2, -0.15) is 4.31 Å². The molecule has 0 aliphatic carbocycles. The summed E-state index contributed by atoms with van der Waals surface area (Å²) in [5.74, 6) is -0.817. The molecule has 0 radical (unpaired) electrons. The molecule has 1 saturated heterocycles. The first-order valence-corrected chi connectivity index (χ1v) is 9.95. The second-order valence-corrected chi connectivity index (χ2v) is 8.50. The van der Waals surface area contributed by atoms with E-state index in [4.69, 9.17) is 11.6 Å². The largest absolute Gasteiger partial charge is 0.324 e. The Balaban J connectivity index is 1.83. The molecule has 0 saturated carbocycles. The number of halogens is 2. The van der Waals surface area contributed by atoms with Gasteiger partial charge in [0.2, 0.25) is 15.9 Å². The molecule has 1 atom stereocenters. The lowest BCUT2D eigenvalue weighted by atomic mass is 10.1. The fourth-order valence-electron chi connectivity index (χ4n) is 3.02. The molecule has 138 valence electrons.